The van der Waals surface area contributed by atoms with Crippen molar-refractivity contribution in [3.05, 3.63) is 72.0 Å². The van der Waals surface area contributed by atoms with E-state index in [9.17, 15) is 4.79 Å². The van der Waals surface area contributed by atoms with E-state index in [1.165, 1.54) is 5.56 Å². The summed E-state index contributed by atoms with van der Waals surface area (Å²) in [6, 6.07) is 19.6. The molecule has 0 saturated heterocycles. The van der Waals surface area contributed by atoms with Crippen molar-refractivity contribution < 1.29 is 14.1 Å². The van der Waals surface area contributed by atoms with Crippen LogP contribution < -0.4 is 10.1 Å². The average Bonchev–Trinajstić information content (AvgIpc) is 3.16. The fourth-order valence-electron chi connectivity index (χ4n) is 3.22. The Labute approximate surface area is 158 Å². The quantitative estimate of drug-likeness (QED) is 0.712. The minimum Gasteiger partial charge on any atom is -0.493 e. The molecule has 1 aromatic heterocycles. The van der Waals surface area contributed by atoms with Crippen LogP contribution in [0.1, 0.15) is 29.0 Å². The Morgan fingerprint density at radius 2 is 1.89 bits per heavy atom. The van der Waals surface area contributed by atoms with Crippen molar-refractivity contribution >= 4 is 5.91 Å². The number of hydrogen-bond donors (Lipinski definition) is 1. The van der Waals surface area contributed by atoms with Gasteiger partial charge in [0.05, 0.1) is 6.61 Å². The van der Waals surface area contributed by atoms with Crippen molar-refractivity contribution in [1.82, 2.24) is 10.5 Å². The van der Waals surface area contributed by atoms with Crippen LogP contribution >= 0.6 is 0 Å². The van der Waals surface area contributed by atoms with Gasteiger partial charge >= 0.3 is 0 Å². The molecule has 4 rings (SSSR count). The first-order chi connectivity index (χ1) is 13.2. The normalized spacial score (nSPS) is 18.6. The van der Waals surface area contributed by atoms with Crippen LogP contribution in [-0.2, 0) is 0 Å². The number of hydrogen-bond acceptors (Lipinski definition) is 4. The molecule has 1 aliphatic rings. The Morgan fingerprint density at radius 1 is 1.15 bits per heavy atom. The van der Waals surface area contributed by atoms with Gasteiger partial charge in [-0.05, 0) is 37.8 Å². The number of rotatable bonds is 6. The Balaban J connectivity index is 1.23. The Morgan fingerprint density at radius 3 is 2.63 bits per heavy atom. The summed E-state index contributed by atoms with van der Waals surface area (Å²) in [6.45, 7) is 2.73. The molecule has 0 atom stereocenters. The monoisotopic (exact) mass is 362 g/mol. The van der Waals surface area contributed by atoms with Crippen LogP contribution in [0, 0.1) is 12.8 Å². The Kier molecular flexibility index (Phi) is 4.92. The zero-order chi connectivity index (χ0) is 18.6. The lowest BCUT2D eigenvalue weighted by atomic mass is 9.81. The lowest BCUT2D eigenvalue weighted by molar-refractivity contribution is 0.0815. The number of benzene rings is 2. The van der Waals surface area contributed by atoms with Crippen molar-refractivity contribution in [2.75, 3.05) is 6.61 Å². The van der Waals surface area contributed by atoms with Gasteiger partial charge in [0.1, 0.15) is 11.4 Å². The largest absolute Gasteiger partial charge is 0.493 e. The first kappa shape index (κ1) is 17.3. The number of ether oxygens (including phenoxy) is 1. The lowest BCUT2D eigenvalue weighted by Gasteiger charge is -2.35. The van der Waals surface area contributed by atoms with E-state index >= 15 is 0 Å². The maximum Gasteiger partial charge on any atom is 0.290 e. The Hall–Kier alpha value is -3.08. The SMILES string of the molecule is Cc1ccc(OCC2CC(NC(=O)c3cc(-c4ccccc4)no3)C2)cc1. The molecule has 0 radical (unpaired) electrons. The number of carbonyl (C=O) groups is 1. The molecule has 1 aliphatic carbocycles. The summed E-state index contributed by atoms with van der Waals surface area (Å²) in [7, 11) is 0. The molecule has 0 aliphatic heterocycles. The second kappa shape index (κ2) is 7.66. The van der Waals surface area contributed by atoms with E-state index in [-0.39, 0.29) is 17.7 Å². The molecule has 1 N–H and O–H groups in total. The van der Waals surface area contributed by atoms with Gasteiger partial charge < -0.3 is 14.6 Å². The number of carbonyl (C=O) groups excluding carboxylic acids is 1. The van der Waals surface area contributed by atoms with E-state index in [1.807, 2.05) is 54.6 Å². The van der Waals surface area contributed by atoms with Gasteiger partial charge in [-0.25, -0.2) is 0 Å². The molecule has 5 nitrogen and oxygen atoms in total. The summed E-state index contributed by atoms with van der Waals surface area (Å²) in [5.74, 6) is 1.38. The van der Waals surface area contributed by atoms with E-state index in [1.54, 1.807) is 6.07 Å². The van der Waals surface area contributed by atoms with Gasteiger partial charge in [-0.2, -0.15) is 0 Å². The van der Waals surface area contributed by atoms with Gasteiger partial charge in [-0.3, -0.25) is 4.79 Å². The zero-order valence-corrected chi connectivity index (χ0v) is 15.2. The van der Waals surface area contributed by atoms with Crippen LogP contribution in [0.5, 0.6) is 5.75 Å². The van der Waals surface area contributed by atoms with Crippen molar-refractivity contribution in [3.8, 4) is 17.0 Å². The predicted octanol–water partition coefficient (Wildman–Crippen LogP) is 4.24. The highest BCUT2D eigenvalue weighted by atomic mass is 16.5. The van der Waals surface area contributed by atoms with Gasteiger partial charge in [0.15, 0.2) is 0 Å². The molecule has 138 valence electrons. The summed E-state index contributed by atoms with van der Waals surface area (Å²) in [4.78, 5) is 12.3. The highest BCUT2D eigenvalue weighted by molar-refractivity contribution is 5.92. The first-order valence-electron chi connectivity index (χ1n) is 9.20. The van der Waals surface area contributed by atoms with Gasteiger partial charge in [0.25, 0.3) is 5.91 Å². The number of nitrogens with zero attached hydrogens (tertiary/aromatic N) is 1. The highest BCUT2D eigenvalue weighted by Crippen LogP contribution is 2.29. The number of aryl methyl sites for hydroxylation is 1. The maximum absolute atomic E-state index is 12.3. The molecule has 1 amide bonds. The third kappa shape index (κ3) is 4.19. The molecule has 0 unspecified atom stereocenters. The van der Waals surface area contributed by atoms with Gasteiger partial charge in [0.2, 0.25) is 5.76 Å². The topological polar surface area (TPSA) is 64.4 Å². The fraction of sp³-hybridized carbons (Fsp3) is 0.273. The van der Waals surface area contributed by atoms with Crippen LogP contribution in [0.4, 0.5) is 0 Å². The lowest BCUT2D eigenvalue weighted by Crippen LogP contribution is -2.45. The van der Waals surface area contributed by atoms with Crippen molar-refractivity contribution in [1.29, 1.82) is 0 Å². The van der Waals surface area contributed by atoms with Crippen molar-refractivity contribution in [2.24, 2.45) is 5.92 Å². The van der Waals surface area contributed by atoms with E-state index in [0.717, 1.165) is 24.2 Å². The average molecular weight is 362 g/mol. The van der Waals surface area contributed by atoms with Gasteiger partial charge in [0, 0.05) is 17.7 Å². The molecule has 5 heteroatoms. The second-order valence-electron chi connectivity index (χ2n) is 7.07. The molecule has 1 saturated carbocycles. The molecule has 0 bridgehead atoms. The molecule has 27 heavy (non-hydrogen) atoms. The summed E-state index contributed by atoms with van der Waals surface area (Å²) in [5, 5.41) is 6.99. The standard InChI is InChI=1S/C22H22N2O3/c1-15-7-9-19(10-8-15)26-14-16-11-18(12-16)23-22(25)21-13-20(24-27-21)17-5-3-2-4-6-17/h2-10,13,16,18H,11-12,14H2,1H3,(H,23,25). The minimum absolute atomic E-state index is 0.161. The molecule has 3 aromatic rings. The van der Waals surface area contributed by atoms with Crippen molar-refractivity contribution in [2.45, 2.75) is 25.8 Å². The summed E-state index contributed by atoms with van der Waals surface area (Å²) in [6.07, 6.45) is 1.83. The van der Waals surface area contributed by atoms with Crippen LogP contribution in [0.3, 0.4) is 0 Å². The highest BCUT2D eigenvalue weighted by Gasteiger charge is 2.31. The van der Waals surface area contributed by atoms with E-state index in [2.05, 4.69) is 17.4 Å². The molecule has 1 heterocycles. The summed E-state index contributed by atoms with van der Waals surface area (Å²) < 4.78 is 11.0. The van der Waals surface area contributed by atoms with Crippen molar-refractivity contribution in [3.63, 3.8) is 0 Å². The molecular formula is C22H22N2O3. The van der Waals surface area contributed by atoms with Crippen LogP contribution in [0.15, 0.2) is 65.2 Å². The van der Waals surface area contributed by atoms with E-state index in [4.69, 9.17) is 9.26 Å². The molecule has 1 fully saturated rings. The summed E-state index contributed by atoms with van der Waals surface area (Å²) >= 11 is 0. The zero-order valence-electron chi connectivity index (χ0n) is 15.2. The predicted molar refractivity (Wildman–Crippen MR) is 103 cm³/mol. The molecular weight excluding hydrogens is 340 g/mol. The van der Waals surface area contributed by atoms with Crippen LogP contribution in [0.25, 0.3) is 11.3 Å². The third-order valence-electron chi connectivity index (χ3n) is 4.88. The smallest absolute Gasteiger partial charge is 0.290 e. The fourth-order valence-corrected chi connectivity index (χ4v) is 3.22. The molecule has 0 spiro atoms. The first-order valence-corrected chi connectivity index (χ1v) is 9.20. The van der Waals surface area contributed by atoms with E-state index in [0.29, 0.717) is 18.2 Å². The third-order valence-corrected chi connectivity index (χ3v) is 4.88. The minimum atomic E-state index is -0.215. The van der Waals surface area contributed by atoms with Gasteiger partial charge in [-0.1, -0.05) is 53.2 Å². The maximum atomic E-state index is 12.3. The second-order valence-corrected chi connectivity index (χ2v) is 7.07. The summed E-state index contributed by atoms with van der Waals surface area (Å²) in [5.41, 5.74) is 2.81. The number of nitrogens with one attached hydrogen (secondary N) is 1. The van der Waals surface area contributed by atoms with Gasteiger partial charge in [-0.15, -0.1) is 0 Å². The Bertz CT molecular complexity index is 897. The van der Waals surface area contributed by atoms with E-state index < -0.39 is 0 Å². The number of amides is 1. The van der Waals surface area contributed by atoms with Crippen LogP contribution in [-0.4, -0.2) is 23.7 Å². The van der Waals surface area contributed by atoms with Crippen LogP contribution in [0.2, 0.25) is 0 Å². The molecule has 2 aromatic carbocycles. The number of aromatic nitrogens is 1.